The van der Waals surface area contributed by atoms with Gasteiger partial charge in [0, 0.05) is 19.1 Å². The van der Waals surface area contributed by atoms with E-state index in [-0.39, 0.29) is 5.41 Å². The normalized spacial score (nSPS) is 24.6. The predicted octanol–water partition coefficient (Wildman–Crippen LogP) is 2.93. The van der Waals surface area contributed by atoms with Crippen LogP contribution in [0.25, 0.3) is 0 Å². The van der Waals surface area contributed by atoms with Gasteiger partial charge < -0.3 is 10.2 Å². The Labute approximate surface area is 129 Å². The molecule has 0 atom stereocenters. The van der Waals surface area contributed by atoms with E-state index < -0.39 is 0 Å². The summed E-state index contributed by atoms with van der Waals surface area (Å²) >= 11 is 0. The first-order chi connectivity index (χ1) is 10.2. The summed E-state index contributed by atoms with van der Waals surface area (Å²) in [5.41, 5.74) is 0.916. The van der Waals surface area contributed by atoms with Crippen LogP contribution in [-0.2, 0) is 5.41 Å². The smallest absolute Gasteiger partial charge is 0.0852 e. The molecule has 0 radical (unpaired) electrons. The topological polar surface area (TPSA) is 39.1 Å². The van der Waals surface area contributed by atoms with Gasteiger partial charge in [-0.1, -0.05) is 44.2 Å². The molecule has 1 N–H and O–H groups in total. The fourth-order valence-corrected chi connectivity index (χ4v) is 3.25. The van der Waals surface area contributed by atoms with Crippen LogP contribution in [0, 0.1) is 11.3 Å². The van der Waals surface area contributed by atoms with E-state index in [9.17, 15) is 5.26 Å². The molecule has 1 aliphatic rings. The van der Waals surface area contributed by atoms with Gasteiger partial charge in [-0.15, -0.1) is 0 Å². The van der Waals surface area contributed by atoms with E-state index >= 15 is 0 Å². The first-order valence-corrected chi connectivity index (χ1v) is 8.16. The molecule has 3 nitrogen and oxygen atoms in total. The van der Waals surface area contributed by atoms with Gasteiger partial charge in [0.25, 0.3) is 0 Å². The lowest BCUT2D eigenvalue weighted by atomic mass is 9.62. The zero-order valence-electron chi connectivity index (χ0n) is 13.3. The minimum Gasteiger partial charge on any atom is -0.313 e. The van der Waals surface area contributed by atoms with Crippen molar-refractivity contribution >= 4 is 0 Å². The minimum atomic E-state index is -0.257. The Bertz CT molecular complexity index is 457. The molecule has 1 aromatic carbocycles. The third-order valence-corrected chi connectivity index (χ3v) is 4.58. The Morgan fingerprint density at radius 1 is 1.24 bits per heavy atom. The van der Waals surface area contributed by atoms with Crippen molar-refractivity contribution in [3.05, 3.63) is 35.9 Å². The van der Waals surface area contributed by atoms with Gasteiger partial charge in [0.15, 0.2) is 0 Å². The van der Waals surface area contributed by atoms with Crippen molar-refractivity contribution in [1.82, 2.24) is 10.2 Å². The highest BCUT2D eigenvalue weighted by molar-refractivity contribution is 5.36. The van der Waals surface area contributed by atoms with Crippen molar-refractivity contribution in [3.63, 3.8) is 0 Å². The number of nitrogens with zero attached hydrogens (tertiary/aromatic N) is 2. The van der Waals surface area contributed by atoms with E-state index in [1.807, 2.05) is 18.2 Å². The zero-order chi connectivity index (χ0) is 15.1. The Balaban J connectivity index is 1.77. The Morgan fingerprint density at radius 2 is 1.95 bits per heavy atom. The molecule has 0 saturated heterocycles. The third-order valence-electron chi connectivity index (χ3n) is 4.58. The van der Waals surface area contributed by atoms with Crippen LogP contribution in [-0.4, -0.2) is 37.1 Å². The Kier molecular flexibility index (Phi) is 5.78. The van der Waals surface area contributed by atoms with E-state index in [0.717, 1.165) is 32.5 Å². The van der Waals surface area contributed by atoms with Crippen molar-refractivity contribution in [2.75, 3.05) is 26.2 Å². The van der Waals surface area contributed by atoms with Gasteiger partial charge >= 0.3 is 0 Å². The molecule has 1 aliphatic carbocycles. The summed E-state index contributed by atoms with van der Waals surface area (Å²) < 4.78 is 0. The lowest BCUT2D eigenvalue weighted by Crippen LogP contribution is -2.52. The lowest BCUT2D eigenvalue weighted by Gasteiger charge is -2.43. The van der Waals surface area contributed by atoms with Crippen molar-refractivity contribution in [3.8, 4) is 6.07 Å². The summed E-state index contributed by atoms with van der Waals surface area (Å²) in [7, 11) is 0. The first kappa shape index (κ1) is 16.0. The van der Waals surface area contributed by atoms with Crippen LogP contribution >= 0.6 is 0 Å². The lowest BCUT2D eigenvalue weighted by molar-refractivity contribution is 0.211. The van der Waals surface area contributed by atoms with Crippen molar-refractivity contribution in [2.24, 2.45) is 0 Å². The first-order valence-electron chi connectivity index (χ1n) is 8.16. The largest absolute Gasteiger partial charge is 0.313 e. The van der Waals surface area contributed by atoms with Crippen LogP contribution in [0.2, 0.25) is 0 Å². The maximum absolute atomic E-state index is 9.54. The molecule has 2 rings (SSSR count). The van der Waals surface area contributed by atoms with Crippen molar-refractivity contribution in [2.45, 2.75) is 44.6 Å². The van der Waals surface area contributed by atoms with Gasteiger partial charge in [0.05, 0.1) is 11.5 Å². The molecule has 114 valence electrons. The molecule has 1 aromatic rings. The Morgan fingerprint density at radius 3 is 2.52 bits per heavy atom. The van der Waals surface area contributed by atoms with Crippen molar-refractivity contribution in [1.29, 1.82) is 5.26 Å². The van der Waals surface area contributed by atoms with Crippen LogP contribution < -0.4 is 5.32 Å². The van der Waals surface area contributed by atoms with Crippen molar-refractivity contribution < 1.29 is 0 Å². The quantitative estimate of drug-likeness (QED) is 0.798. The summed E-state index contributed by atoms with van der Waals surface area (Å²) in [5.74, 6) is 0. The third kappa shape index (κ3) is 3.84. The van der Waals surface area contributed by atoms with Crippen LogP contribution in [0.4, 0.5) is 0 Å². The molecule has 0 unspecified atom stereocenters. The summed E-state index contributed by atoms with van der Waals surface area (Å²) in [4.78, 5) is 2.47. The molecule has 0 aromatic heterocycles. The molecule has 0 spiro atoms. The van der Waals surface area contributed by atoms with Gasteiger partial charge in [-0.2, -0.15) is 5.26 Å². The van der Waals surface area contributed by atoms with E-state index in [4.69, 9.17) is 0 Å². The SMILES string of the molecule is CCCN(CC)CCNC1CC(C#N)(c2ccccc2)C1. The van der Waals surface area contributed by atoms with Crippen LogP contribution in [0.15, 0.2) is 30.3 Å². The van der Waals surface area contributed by atoms with E-state index in [1.54, 1.807) is 0 Å². The van der Waals surface area contributed by atoms with E-state index in [0.29, 0.717) is 6.04 Å². The molecule has 0 heterocycles. The maximum Gasteiger partial charge on any atom is 0.0852 e. The summed E-state index contributed by atoms with van der Waals surface area (Å²) in [6, 6.07) is 13.3. The highest BCUT2D eigenvalue weighted by Gasteiger charge is 2.45. The van der Waals surface area contributed by atoms with Gasteiger partial charge in [0.2, 0.25) is 0 Å². The fourth-order valence-electron chi connectivity index (χ4n) is 3.25. The molecular formula is C18H27N3. The summed E-state index contributed by atoms with van der Waals surface area (Å²) in [6.07, 6.45) is 3.09. The molecule has 0 aliphatic heterocycles. The standard InChI is InChI=1S/C18H27N3/c1-3-11-21(4-2)12-10-20-17-13-18(14-17,15-19)16-8-6-5-7-9-16/h5-9,17,20H,3-4,10-14H2,1-2H3. The van der Waals surface area contributed by atoms with Crippen LogP contribution in [0.5, 0.6) is 0 Å². The highest BCUT2D eigenvalue weighted by atomic mass is 15.1. The molecule has 1 fully saturated rings. The van der Waals surface area contributed by atoms with Gasteiger partial charge in [-0.3, -0.25) is 0 Å². The van der Waals surface area contributed by atoms with Gasteiger partial charge in [0.1, 0.15) is 0 Å². The second kappa shape index (κ2) is 7.59. The van der Waals surface area contributed by atoms with E-state index in [1.165, 1.54) is 18.5 Å². The monoisotopic (exact) mass is 285 g/mol. The van der Waals surface area contributed by atoms with Crippen LogP contribution in [0.3, 0.4) is 0 Å². The molecule has 21 heavy (non-hydrogen) atoms. The molecule has 1 saturated carbocycles. The number of hydrogen-bond acceptors (Lipinski definition) is 3. The molecule has 3 heteroatoms. The van der Waals surface area contributed by atoms with Gasteiger partial charge in [-0.25, -0.2) is 0 Å². The molecule has 0 amide bonds. The number of benzene rings is 1. The van der Waals surface area contributed by atoms with Crippen LogP contribution in [0.1, 0.15) is 38.7 Å². The molecular weight excluding hydrogens is 258 g/mol. The van der Waals surface area contributed by atoms with Gasteiger partial charge in [-0.05, 0) is 37.9 Å². The fraction of sp³-hybridized carbons (Fsp3) is 0.611. The second-order valence-electron chi connectivity index (χ2n) is 6.05. The summed E-state index contributed by atoms with van der Waals surface area (Å²) in [5, 5.41) is 13.2. The summed E-state index contributed by atoms with van der Waals surface area (Å²) in [6.45, 7) is 8.86. The minimum absolute atomic E-state index is 0.257. The second-order valence-corrected chi connectivity index (χ2v) is 6.05. The number of nitrogens with one attached hydrogen (secondary N) is 1. The molecule has 0 bridgehead atoms. The zero-order valence-corrected chi connectivity index (χ0v) is 13.3. The maximum atomic E-state index is 9.54. The Hall–Kier alpha value is -1.37. The average molecular weight is 285 g/mol. The number of rotatable bonds is 8. The predicted molar refractivity (Wildman–Crippen MR) is 87.2 cm³/mol. The average Bonchev–Trinajstić information content (AvgIpc) is 2.49. The highest BCUT2D eigenvalue weighted by Crippen LogP contribution is 2.43. The number of hydrogen-bond donors (Lipinski definition) is 1. The van der Waals surface area contributed by atoms with E-state index in [2.05, 4.69) is 42.3 Å². The number of likely N-dealkylation sites (N-methyl/N-ethyl adjacent to an activating group) is 1. The number of nitriles is 1.